The molecule has 5 heteroatoms. The molecular formula is C20H29N5. The minimum atomic E-state index is 0.480. The van der Waals surface area contributed by atoms with E-state index in [2.05, 4.69) is 58.3 Å². The lowest BCUT2D eigenvalue weighted by Gasteiger charge is -2.19. The van der Waals surface area contributed by atoms with Crippen molar-refractivity contribution in [3.05, 3.63) is 65.5 Å². The third-order valence-electron chi connectivity index (χ3n) is 4.24. The summed E-state index contributed by atoms with van der Waals surface area (Å²) < 4.78 is 0. The minimum absolute atomic E-state index is 0.480. The zero-order valence-electron chi connectivity index (χ0n) is 15.3. The first kappa shape index (κ1) is 18.9. The molecule has 5 nitrogen and oxygen atoms in total. The third-order valence-corrected chi connectivity index (χ3v) is 4.24. The molecule has 0 aliphatic heterocycles. The van der Waals surface area contributed by atoms with Crippen molar-refractivity contribution in [2.75, 3.05) is 19.6 Å². The average molecular weight is 339 g/mol. The molecule has 3 N–H and O–H groups in total. The molecule has 1 aromatic carbocycles. The number of rotatable bonds is 9. The molecule has 0 atom stereocenters. The molecule has 1 aromatic heterocycles. The van der Waals surface area contributed by atoms with E-state index in [1.165, 1.54) is 11.1 Å². The highest BCUT2D eigenvalue weighted by atomic mass is 15.1. The van der Waals surface area contributed by atoms with Crippen LogP contribution in [0.15, 0.2) is 53.7 Å². The van der Waals surface area contributed by atoms with Crippen molar-refractivity contribution in [2.24, 2.45) is 10.7 Å². The number of nitrogens with zero attached hydrogens (tertiary/aromatic N) is 3. The molecule has 0 aliphatic carbocycles. The first-order chi connectivity index (χ1) is 12.2. The van der Waals surface area contributed by atoms with Gasteiger partial charge in [0.2, 0.25) is 0 Å². The van der Waals surface area contributed by atoms with E-state index in [1.54, 1.807) is 6.20 Å². The molecule has 2 aromatic rings. The molecule has 0 bridgehead atoms. The third kappa shape index (κ3) is 6.55. The topological polar surface area (TPSA) is 66.5 Å². The Morgan fingerprint density at radius 3 is 2.48 bits per heavy atom. The standard InChI is InChI=1S/C20H29N5/c1-3-25(4-2)16-18-10-6-5-9-17(18)15-24-20(21)23-14-12-19-11-7-8-13-22-19/h5-11,13H,3-4,12,14-16H2,1-2H3,(H3,21,23,24). The second-order valence-electron chi connectivity index (χ2n) is 5.93. The molecule has 0 aliphatic rings. The molecule has 0 saturated carbocycles. The highest BCUT2D eigenvalue weighted by molar-refractivity contribution is 5.77. The molecule has 25 heavy (non-hydrogen) atoms. The van der Waals surface area contributed by atoms with Crippen molar-refractivity contribution < 1.29 is 0 Å². The van der Waals surface area contributed by atoms with Gasteiger partial charge in [-0.25, -0.2) is 4.99 Å². The Labute approximate surface area is 151 Å². The van der Waals surface area contributed by atoms with E-state index in [1.807, 2.05) is 18.2 Å². The molecule has 1 heterocycles. The van der Waals surface area contributed by atoms with E-state index in [0.717, 1.165) is 38.3 Å². The second kappa shape index (κ2) is 10.5. The minimum Gasteiger partial charge on any atom is -0.370 e. The first-order valence-corrected chi connectivity index (χ1v) is 8.95. The number of nitrogens with two attached hydrogens (primary N) is 1. The van der Waals surface area contributed by atoms with E-state index < -0.39 is 0 Å². The summed E-state index contributed by atoms with van der Waals surface area (Å²) in [7, 11) is 0. The molecule has 0 saturated heterocycles. The maximum atomic E-state index is 6.00. The number of hydrogen-bond donors (Lipinski definition) is 2. The van der Waals surface area contributed by atoms with E-state index in [4.69, 9.17) is 5.73 Å². The van der Waals surface area contributed by atoms with Crippen LogP contribution in [-0.2, 0) is 19.5 Å². The Bertz CT molecular complexity index is 650. The van der Waals surface area contributed by atoms with Crippen LogP contribution in [-0.4, -0.2) is 35.5 Å². The number of benzene rings is 1. The summed E-state index contributed by atoms with van der Waals surface area (Å²) in [5.74, 6) is 0.480. The lowest BCUT2D eigenvalue weighted by molar-refractivity contribution is 0.295. The quantitative estimate of drug-likeness (QED) is 0.544. The molecule has 2 rings (SSSR count). The zero-order chi connectivity index (χ0) is 17.9. The van der Waals surface area contributed by atoms with Gasteiger partial charge in [-0.15, -0.1) is 0 Å². The smallest absolute Gasteiger partial charge is 0.188 e. The molecule has 0 spiro atoms. The van der Waals surface area contributed by atoms with E-state index in [9.17, 15) is 0 Å². The summed E-state index contributed by atoms with van der Waals surface area (Å²) in [4.78, 5) is 11.2. The Balaban J connectivity index is 1.87. The van der Waals surface area contributed by atoms with Gasteiger partial charge >= 0.3 is 0 Å². The number of pyridine rings is 1. The fourth-order valence-corrected chi connectivity index (χ4v) is 2.65. The van der Waals surface area contributed by atoms with E-state index in [-0.39, 0.29) is 0 Å². The van der Waals surface area contributed by atoms with Crippen molar-refractivity contribution in [3.63, 3.8) is 0 Å². The van der Waals surface area contributed by atoms with Crippen molar-refractivity contribution in [3.8, 4) is 0 Å². The summed E-state index contributed by atoms with van der Waals surface area (Å²) in [6, 6.07) is 14.4. The lowest BCUT2D eigenvalue weighted by atomic mass is 10.1. The molecule has 0 unspecified atom stereocenters. The van der Waals surface area contributed by atoms with Gasteiger partial charge in [0.05, 0.1) is 6.54 Å². The summed E-state index contributed by atoms with van der Waals surface area (Å²) in [6.45, 7) is 8.75. The van der Waals surface area contributed by atoms with Crippen molar-refractivity contribution in [1.82, 2.24) is 15.2 Å². The Morgan fingerprint density at radius 1 is 1.08 bits per heavy atom. The van der Waals surface area contributed by atoms with Crippen LogP contribution in [0.2, 0.25) is 0 Å². The van der Waals surface area contributed by atoms with Crippen molar-refractivity contribution in [2.45, 2.75) is 33.4 Å². The van der Waals surface area contributed by atoms with Crippen LogP contribution in [0, 0.1) is 0 Å². The number of guanidine groups is 1. The molecule has 0 fully saturated rings. The van der Waals surface area contributed by atoms with Crippen LogP contribution >= 0.6 is 0 Å². The number of hydrogen-bond acceptors (Lipinski definition) is 3. The Hall–Kier alpha value is -2.40. The largest absolute Gasteiger partial charge is 0.370 e. The van der Waals surface area contributed by atoms with Gasteiger partial charge in [-0.3, -0.25) is 9.88 Å². The highest BCUT2D eigenvalue weighted by Gasteiger charge is 2.06. The fourth-order valence-electron chi connectivity index (χ4n) is 2.65. The van der Waals surface area contributed by atoms with Gasteiger partial charge < -0.3 is 11.1 Å². The Morgan fingerprint density at radius 2 is 1.80 bits per heavy atom. The fraction of sp³-hybridized carbons (Fsp3) is 0.400. The van der Waals surface area contributed by atoms with Gasteiger partial charge in [-0.1, -0.05) is 44.2 Å². The molecule has 134 valence electrons. The van der Waals surface area contributed by atoms with Gasteiger partial charge in [0.1, 0.15) is 0 Å². The average Bonchev–Trinajstić information content (AvgIpc) is 2.66. The maximum Gasteiger partial charge on any atom is 0.188 e. The van der Waals surface area contributed by atoms with Crippen LogP contribution in [0.3, 0.4) is 0 Å². The number of aromatic nitrogens is 1. The van der Waals surface area contributed by atoms with Gasteiger partial charge in [-0.05, 0) is 36.3 Å². The zero-order valence-corrected chi connectivity index (χ0v) is 15.3. The second-order valence-corrected chi connectivity index (χ2v) is 5.93. The lowest BCUT2D eigenvalue weighted by Crippen LogP contribution is -2.33. The monoisotopic (exact) mass is 339 g/mol. The van der Waals surface area contributed by atoms with Gasteiger partial charge in [0, 0.05) is 31.4 Å². The normalized spacial score (nSPS) is 11.7. The van der Waals surface area contributed by atoms with E-state index >= 15 is 0 Å². The van der Waals surface area contributed by atoms with Crippen LogP contribution in [0.25, 0.3) is 0 Å². The highest BCUT2D eigenvalue weighted by Crippen LogP contribution is 2.12. The Kier molecular flexibility index (Phi) is 7.92. The predicted molar refractivity (Wildman–Crippen MR) is 104 cm³/mol. The maximum absolute atomic E-state index is 6.00. The van der Waals surface area contributed by atoms with Gasteiger partial charge in [0.15, 0.2) is 5.96 Å². The van der Waals surface area contributed by atoms with Crippen LogP contribution in [0.4, 0.5) is 0 Å². The molecule has 0 radical (unpaired) electrons. The number of nitrogens with one attached hydrogen (secondary N) is 1. The van der Waals surface area contributed by atoms with Gasteiger partial charge in [-0.2, -0.15) is 0 Å². The summed E-state index contributed by atoms with van der Waals surface area (Å²) in [5.41, 5.74) is 9.59. The summed E-state index contributed by atoms with van der Waals surface area (Å²) in [5, 5.41) is 3.16. The van der Waals surface area contributed by atoms with Crippen molar-refractivity contribution in [1.29, 1.82) is 0 Å². The van der Waals surface area contributed by atoms with E-state index in [0.29, 0.717) is 12.5 Å². The SMILES string of the molecule is CCN(CC)Cc1ccccc1CN=C(N)NCCc1ccccn1. The van der Waals surface area contributed by atoms with Crippen LogP contribution in [0.5, 0.6) is 0 Å². The van der Waals surface area contributed by atoms with Gasteiger partial charge in [0.25, 0.3) is 0 Å². The summed E-state index contributed by atoms with van der Waals surface area (Å²) in [6.07, 6.45) is 2.63. The first-order valence-electron chi connectivity index (χ1n) is 8.95. The summed E-state index contributed by atoms with van der Waals surface area (Å²) >= 11 is 0. The number of aliphatic imine (C=N–C) groups is 1. The predicted octanol–water partition coefficient (Wildman–Crippen LogP) is 2.57. The molecule has 0 amide bonds. The van der Waals surface area contributed by atoms with Crippen LogP contribution in [0.1, 0.15) is 30.7 Å². The molecular weight excluding hydrogens is 310 g/mol. The van der Waals surface area contributed by atoms with Crippen molar-refractivity contribution >= 4 is 5.96 Å². The van der Waals surface area contributed by atoms with Crippen LogP contribution < -0.4 is 11.1 Å².